The molecular formula is C10H18N2O4. The first-order valence-electron chi connectivity index (χ1n) is 5.44. The summed E-state index contributed by atoms with van der Waals surface area (Å²) in [5, 5.41) is 23.3. The average molecular weight is 230 g/mol. The summed E-state index contributed by atoms with van der Waals surface area (Å²) in [5.74, 6) is -1.58. The van der Waals surface area contributed by atoms with Crippen molar-refractivity contribution in [2.45, 2.75) is 44.4 Å². The smallest absolute Gasteiger partial charge is 0.328 e. The number of aliphatic hydroxyl groups excluding tert-OH is 1. The number of hydrogen-bond acceptors (Lipinski definition) is 4. The van der Waals surface area contributed by atoms with Crippen LogP contribution < -0.4 is 10.6 Å². The van der Waals surface area contributed by atoms with Gasteiger partial charge in [0.05, 0.1) is 6.10 Å². The molecule has 0 aromatic heterocycles. The van der Waals surface area contributed by atoms with Crippen molar-refractivity contribution in [3.8, 4) is 0 Å². The summed E-state index contributed by atoms with van der Waals surface area (Å²) in [4.78, 5) is 22.0. The lowest BCUT2D eigenvalue weighted by Crippen LogP contribution is -2.48. The third-order valence-corrected chi connectivity index (χ3v) is 2.43. The van der Waals surface area contributed by atoms with Gasteiger partial charge >= 0.3 is 5.97 Å². The third kappa shape index (κ3) is 4.59. The molecule has 16 heavy (non-hydrogen) atoms. The normalized spacial score (nSPS) is 18.9. The van der Waals surface area contributed by atoms with Crippen LogP contribution in [0.3, 0.4) is 0 Å². The summed E-state index contributed by atoms with van der Waals surface area (Å²) in [7, 11) is 0. The first-order valence-corrected chi connectivity index (χ1v) is 5.44. The number of aliphatic carboxylic acids is 1. The highest BCUT2D eigenvalue weighted by atomic mass is 16.4. The fourth-order valence-corrected chi connectivity index (χ4v) is 1.31. The van der Waals surface area contributed by atoms with Crippen molar-refractivity contribution in [2.24, 2.45) is 0 Å². The molecule has 1 saturated carbocycles. The molecule has 1 aliphatic carbocycles. The molecule has 1 fully saturated rings. The monoisotopic (exact) mass is 230 g/mol. The molecule has 1 amide bonds. The van der Waals surface area contributed by atoms with Gasteiger partial charge in [-0.05, 0) is 19.8 Å². The number of hydrogen-bond donors (Lipinski definition) is 4. The average Bonchev–Trinajstić information content (AvgIpc) is 2.97. The van der Waals surface area contributed by atoms with E-state index in [9.17, 15) is 9.59 Å². The van der Waals surface area contributed by atoms with Gasteiger partial charge in [-0.1, -0.05) is 0 Å². The minimum Gasteiger partial charge on any atom is -0.480 e. The SMILES string of the molecule is C[C@@H](O)[C@H](NC(=O)CCNC1CC1)C(=O)O. The highest BCUT2D eigenvalue weighted by molar-refractivity contribution is 5.84. The lowest BCUT2D eigenvalue weighted by molar-refractivity contribution is -0.144. The van der Waals surface area contributed by atoms with Crippen molar-refractivity contribution >= 4 is 11.9 Å². The van der Waals surface area contributed by atoms with E-state index in [1.165, 1.54) is 6.92 Å². The van der Waals surface area contributed by atoms with E-state index in [0.717, 1.165) is 12.8 Å². The van der Waals surface area contributed by atoms with Crippen molar-refractivity contribution in [1.29, 1.82) is 0 Å². The predicted octanol–water partition coefficient (Wildman–Crippen LogP) is -0.921. The fraction of sp³-hybridized carbons (Fsp3) is 0.800. The van der Waals surface area contributed by atoms with Gasteiger partial charge in [-0.2, -0.15) is 0 Å². The van der Waals surface area contributed by atoms with Crippen molar-refractivity contribution in [1.82, 2.24) is 10.6 Å². The molecule has 6 heteroatoms. The van der Waals surface area contributed by atoms with Crippen LogP contribution in [0.15, 0.2) is 0 Å². The van der Waals surface area contributed by atoms with Gasteiger partial charge in [0.15, 0.2) is 6.04 Å². The van der Waals surface area contributed by atoms with Crippen molar-refractivity contribution in [3.05, 3.63) is 0 Å². The molecule has 0 radical (unpaired) electrons. The van der Waals surface area contributed by atoms with E-state index < -0.39 is 18.1 Å². The van der Waals surface area contributed by atoms with E-state index in [1.54, 1.807) is 0 Å². The molecule has 0 saturated heterocycles. The second-order valence-electron chi connectivity index (χ2n) is 4.10. The molecule has 0 aromatic carbocycles. The molecule has 2 atom stereocenters. The van der Waals surface area contributed by atoms with E-state index in [1.807, 2.05) is 0 Å². The van der Waals surface area contributed by atoms with Crippen LogP contribution in [0.25, 0.3) is 0 Å². The second-order valence-corrected chi connectivity index (χ2v) is 4.10. The molecule has 0 heterocycles. The highest BCUT2D eigenvalue weighted by Crippen LogP contribution is 2.18. The van der Waals surface area contributed by atoms with Gasteiger partial charge < -0.3 is 20.8 Å². The standard InChI is InChI=1S/C10H18N2O4/c1-6(13)9(10(15)16)12-8(14)4-5-11-7-2-3-7/h6-7,9,11,13H,2-5H2,1H3,(H,12,14)(H,15,16)/t6-,9+/m1/s1. The maximum Gasteiger partial charge on any atom is 0.328 e. The zero-order chi connectivity index (χ0) is 12.1. The van der Waals surface area contributed by atoms with Crippen LogP contribution in [0.5, 0.6) is 0 Å². The van der Waals surface area contributed by atoms with Crippen LogP contribution in [-0.4, -0.2) is 46.8 Å². The maximum absolute atomic E-state index is 11.3. The zero-order valence-corrected chi connectivity index (χ0v) is 9.27. The van der Waals surface area contributed by atoms with E-state index in [-0.39, 0.29) is 12.3 Å². The number of amides is 1. The maximum atomic E-state index is 11.3. The van der Waals surface area contributed by atoms with Crippen LogP contribution in [0.1, 0.15) is 26.2 Å². The summed E-state index contributed by atoms with van der Waals surface area (Å²) in [6.07, 6.45) is 1.42. The van der Waals surface area contributed by atoms with Gasteiger partial charge in [0.1, 0.15) is 0 Å². The van der Waals surface area contributed by atoms with Crippen LogP contribution >= 0.6 is 0 Å². The molecule has 1 rings (SSSR count). The van der Waals surface area contributed by atoms with Gasteiger partial charge in [0.25, 0.3) is 0 Å². The Morgan fingerprint density at radius 3 is 2.50 bits per heavy atom. The summed E-state index contributed by atoms with van der Waals surface area (Å²) < 4.78 is 0. The lowest BCUT2D eigenvalue weighted by atomic mass is 10.2. The molecule has 0 spiro atoms. The highest BCUT2D eigenvalue weighted by Gasteiger charge is 2.25. The molecule has 0 aromatic rings. The van der Waals surface area contributed by atoms with Crippen LogP contribution in [0.4, 0.5) is 0 Å². The Balaban J connectivity index is 2.21. The Morgan fingerprint density at radius 2 is 2.06 bits per heavy atom. The number of aliphatic hydroxyl groups is 1. The molecule has 4 N–H and O–H groups in total. The quantitative estimate of drug-likeness (QED) is 0.453. The molecule has 92 valence electrons. The first-order chi connectivity index (χ1) is 7.50. The zero-order valence-electron chi connectivity index (χ0n) is 9.27. The van der Waals surface area contributed by atoms with E-state index in [0.29, 0.717) is 12.6 Å². The summed E-state index contributed by atoms with van der Waals surface area (Å²) in [5.41, 5.74) is 0. The van der Waals surface area contributed by atoms with Crippen molar-refractivity contribution in [2.75, 3.05) is 6.54 Å². The van der Waals surface area contributed by atoms with E-state index in [2.05, 4.69) is 10.6 Å². The van der Waals surface area contributed by atoms with Gasteiger partial charge in [-0.25, -0.2) is 4.79 Å². The second kappa shape index (κ2) is 5.81. The van der Waals surface area contributed by atoms with Crippen LogP contribution in [-0.2, 0) is 9.59 Å². The Labute approximate surface area is 94.0 Å². The Morgan fingerprint density at radius 1 is 1.44 bits per heavy atom. The van der Waals surface area contributed by atoms with Gasteiger partial charge in [0.2, 0.25) is 5.91 Å². The van der Waals surface area contributed by atoms with Crippen LogP contribution in [0, 0.1) is 0 Å². The first kappa shape index (κ1) is 12.9. The predicted molar refractivity (Wildman–Crippen MR) is 56.9 cm³/mol. The molecular weight excluding hydrogens is 212 g/mol. The lowest BCUT2D eigenvalue weighted by Gasteiger charge is -2.16. The number of carboxylic acids is 1. The number of nitrogens with one attached hydrogen (secondary N) is 2. The summed E-state index contributed by atoms with van der Waals surface area (Å²) >= 11 is 0. The molecule has 0 bridgehead atoms. The number of carbonyl (C=O) groups is 2. The van der Waals surface area contributed by atoms with E-state index in [4.69, 9.17) is 10.2 Å². The minimum atomic E-state index is -1.23. The summed E-state index contributed by atoms with van der Waals surface area (Å²) in [6, 6.07) is -0.701. The molecule has 1 aliphatic rings. The molecule has 6 nitrogen and oxygen atoms in total. The number of rotatable bonds is 7. The Hall–Kier alpha value is -1.14. The van der Waals surface area contributed by atoms with E-state index >= 15 is 0 Å². The van der Waals surface area contributed by atoms with Gasteiger partial charge in [-0.15, -0.1) is 0 Å². The van der Waals surface area contributed by atoms with Crippen molar-refractivity contribution < 1.29 is 19.8 Å². The van der Waals surface area contributed by atoms with Crippen molar-refractivity contribution in [3.63, 3.8) is 0 Å². The van der Waals surface area contributed by atoms with Gasteiger partial charge in [-0.3, -0.25) is 4.79 Å². The molecule has 0 unspecified atom stereocenters. The summed E-state index contributed by atoms with van der Waals surface area (Å²) in [6.45, 7) is 1.88. The Kier molecular flexibility index (Phi) is 4.70. The Bertz CT molecular complexity index is 264. The topological polar surface area (TPSA) is 98.7 Å². The van der Waals surface area contributed by atoms with Crippen LogP contribution in [0.2, 0.25) is 0 Å². The molecule has 0 aliphatic heterocycles. The minimum absolute atomic E-state index is 0.229. The fourth-order valence-electron chi connectivity index (χ4n) is 1.31. The number of carbonyl (C=O) groups excluding carboxylic acids is 1. The number of carboxylic acid groups (broad SMARTS) is 1. The third-order valence-electron chi connectivity index (χ3n) is 2.43. The van der Waals surface area contributed by atoms with Gasteiger partial charge in [0, 0.05) is 19.0 Å². The largest absolute Gasteiger partial charge is 0.480 e.